The van der Waals surface area contributed by atoms with Crippen LogP contribution in [0.4, 0.5) is 5.69 Å². The second kappa shape index (κ2) is 11.0. The zero-order valence-corrected chi connectivity index (χ0v) is 19.8. The zero-order chi connectivity index (χ0) is 22.4. The van der Waals surface area contributed by atoms with Gasteiger partial charge in [0.1, 0.15) is 0 Å². The molecule has 0 radical (unpaired) electrons. The van der Waals surface area contributed by atoms with E-state index in [1.54, 1.807) is 18.2 Å². The lowest BCUT2D eigenvalue weighted by molar-refractivity contribution is -0.121. The van der Waals surface area contributed by atoms with Gasteiger partial charge in [-0.05, 0) is 36.6 Å². The van der Waals surface area contributed by atoms with Gasteiger partial charge in [-0.3, -0.25) is 9.59 Å². The summed E-state index contributed by atoms with van der Waals surface area (Å²) in [5, 5.41) is 0.710. The minimum Gasteiger partial charge on any atom is -0.334 e. The maximum Gasteiger partial charge on any atom is 0.257 e. The van der Waals surface area contributed by atoms with Crippen molar-refractivity contribution in [3.63, 3.8) is 0 Å². The molecule has 2 aromatic carbocycles. The summed E-state index contributed by atoms with van der Waals surface area (Å²) in [6, 6.07) is 13.0. The molecular formula is C25H30Cl2N2O2. The Hall–Kier alpha value is -2.04. The van der Waals surface area contributed by atoms with Gasteiger partial charge >= 0.3 is 0 Å². The third-order valence-electron chi connectivity index (χ3n) is 5.68. The van der Waals surface area contributed by atoms with Crippen LogP contribution >= 0.6 is 23.2 Å². The van der Waals surface area contributed by atoms with Gasteiger partial charge in [0.25, 0.3) is 5.91 Å². The second-order valence-electron chi connectivity index (χ2n) is 8.36. The fraction of sp³-hybridized carbons (Fsp3) is 0.440. The molecular weight excluding hydrogens is 431 g/mol. The Morgan fingerprint density at radius 1 is 0.839 bits per heavy atom. The van der Waals surface area contributed by atoms with Crippen LogP contribution in [0.25, 0.3) is 0 Å². The van der Waals surface area contributed by atoms with E-state index < -0.39 is 0 Å². The van der Waals surface area contributed by atoms with E-state index >= 15 is 0 Å². The van der Waals surface area contributed by atoms with Crippen LogP contribution in [0, 0.1) is 5.92 Å². The van der Waals surface area contributed by atoms with Gasteiger partial charge in [0.15, 0.2) is 0 Å². The summed E-state index contributed by atoms with van der Waals surface area (Å²) in [4.78, 5) is 30.2. The number of hydrogen-bond acceptors (Lipinski definition) is 2. The first kappa shape index (κ1) is 23.6. The van der Waals surface area contributed by atoms with E-state index in [-0.39, 0.29) is 17.7 Å². The highest BCUT2D eigenvalue weighted by Crippen LogP contribution is 2.29. The molecule has 6 heteroatoms. The maximum absolute atomic E-state index is 13.5. The third kappa shape index (κ3) is 5.81. The van der Waals surface area contributed by atoms with Gasteiger partial charge in [-0.25, -0.2) is 0 Å². The molecule has 0 bridgehead atoms. The highest BCUT2D eigenvalue weighted by atomic mass is 35.5. The number of anilines is 1. The quantitative estimate of drug-likeness (QED) is 0.506. The minimum absolute atomic E-state index is 0.0966. The molecule has 1 aliphatic heterocycles. The summed E-state index contributed by atoms with van der Waals surface area (Å²) in [6.07, 6.45) is 5.09. The van der Waals surface area contributed by atoms with Crippen molar-refractivity contribution >= 4 is 40.7 Å². The third-order valence-corrected chi connectivity index (χ3v) is 6.31. The first-order valence-electron chi connectivity index (χ1n) is 11.0. The van der Waals surface area contributed by atoms with Crippen molar-refractivity contribution in [1.82, 2.24) is 4.90 Å². The average Bonchev–Trinajstić information content (AvgIpc) is 2.73. The largest absolute Gasteiger partial charge is 0.334 e. The van der Waals surface area contributed by atoms with Crippen LogP contribution in [-0.2, 0) is 11.3 Å². The predicted molar refractivity (Wildman–Crippen MR) is 128 cm³/mol. The monoisotopic (exact) mass is 460 g/mol. The molecule has 0 unspecified atom stereocenters. The van der Waals surface area contributed by atoms with Crippen LogP contribution in [0.3, 0.4) is 0 Å². The fourth-order valence-corrected chi connectivity index (χ4v) is 4.55. The van der Waals surface area contributed by atoms with E-state index in [2.05, 4.69) is 0 Å². The number of carbonyl (C=O) groups is 2. The Morgan fingerprint density at radius 3 is 2.13 bits per heavy atom. The van der Waals surface area contributed by atoms with E-state index in [4.69, 9.17) is 23.2 Å². The van der Waals surface area contributed by atoms with Crippen molar-refractivity contribution in [2.24, 2.45) is 5.92 Å². The first-order chi connectivity index (χ1) is 14.9. The number of hydrogen-bond donors (Lipinski definition) is 0. The summed E-state index contributed by atoms with van der Waals surface area (Å²) in [6.45, 7) is 5.57. The molecule has 4 nitrogen and oxygen atoms in total. The van der Waals surface area contributed by atoms with Crippen LogP contribution in [0.5, 0.6) is 0 Å². The molecule has 0 N–H and O–H groups in total. The normalized spacial score (nSPS) is 15.8. The number of fused-ring (bicyclic) bond motifs is 1. The standard InChI is InChI=1S/C25H30Cl2N2O2/c1-18(2)24(30)29-16-9-5-3-4-8-15-28(17-19-11-6-7-14-22(19)29)25(31)23-20(26)12-10-13-21(23)27/h6-7,10-14,18H,3-5,8-9,15-17H2,1-2H3. The Kier molecular flexibility index (Phi) is 8.39. The summed E-state index contributed by atoms with van der Waals surface area (Å²) < 4.78 is 0. The van der Waals surface area contributed by atoms with Crippen molar-refractivity contribution in [3.8, 4) is 0 Å². The molecule has 0 fully saturated rings. The van der Waals surface area contributed by atoms with Crippen molar-refractivity contribution in [1.29, 1.82) is 0 Å². The summed E-state index contributed by atoms with van der Waals surface area (Å²) in [7, 11) is 0. The Morgan fingerprint density at radius 2 is 1.45 bits per heavy atom. The Labute approximate surface area is 195 Å². The van der Waals surface area contributed by atoms with Gasteiger partial charge < -0.3 is 9.80 Å². The van der Waals surface area contributed by atoms with Crippen molar-refractivity contribution < 1.29 is 9.59 Å². The van der Waals surface area contributed by atoms with E-state index in [1.807, 2.05) is 47.9 Å². The van der Waals surface area contributed by atoms with Crippen LogP contribution in [0.1, 0.15) is 61.9 Å². The van der Waals surface area contributed by atoms with E-state index in [0.717, 1.165) is 43.4 Å². The lowest BCUT2D eigenvalue weighted by atomic mass is 10.0. The fourth-order valence-electron chi connectivity index (χ4n) is 3.99. The number of benzene rings is 2. The molecule has 31 heavy (non-hydrogen) atoms. The summed E-state index contributed by atoms with van der Waals surface area (Å²) in [5.41, 5.74) is 2.17. The summed E-state index contributed by atoms with van der Waals surface area (Å²) in [5.74, 6) is -0.165. The van der Waals surface area contributed by atoms with Gasteiger partial charge in [-0.15, -0.1) is 0 Å². The molecule has 0 atom stereocenters. The second-order valence-corrected chi connectivity index (χ2v) is 9.18. The zero-order valence-electron chi connectivity index (χ0n) is 18.2. The molecule has 2 amide bonds. The molecule has 166 valence electrons. The minimum atomic E-state index is -0.177. The van der Waals surface area contributed by atoms with E-state index in [0.29, 0.717) is 35.2 Å². The number of nitrogens with zero attached hydrogens (tertiary/aromatic N) is 2. The highest BCUT2D eigenvalue weighted by molar-refractivity contribution is 6.39. The lowest BCUT2D eigenvalue weighted by Gasteiger charge is -2.30. The highest BCUT2D eigenvalue weighted by Gasteiger charge is 2.25. The smallest absolute Gasteiger partial charge is 0.257 e. The van der Waals surface area contributed by atoms with Gasteiger partial charge in [0, 0.05) is 31.2 Å². The molecule has 1 heterocycles. The predicted octanol–water partition coefficient (Wildman–Crippen LogP) is 6.59. The number of rotatable bonds is 2. The van der Waals surface area contributed by atoms with Gasteiger partial charge in [0.05, 0.1) is 15.6 Å². The van der Waals surface area contributed by atoms with Crippen LogP contribution < -0.4 is 4.90 Å². The van der Waals surface area contributed by atoms with Crippen LogP contribution in [0.2, 0.25) is 10.0 Å². The average molecular weight is 461 g/mol. The van der Waals surface area contributed by atoms with Gasteiger partial charge in [0.2, 0.25) is 5.91 Å². The number of amides is 2. The molecule has 0 aliphatic carbocycles. The molecule has 0 aromatic heterocycles. The SMILES string of the molecule is CC(C)C(=O)N1CCCCCCCN(C(=O)c2c(Cl)cccc2Cl)Cc2ccccc21. The van der Waals surface area contributed by atoms with E-state index in [1.165, 1.54) is 0 Å². The molecule has 0 spiro atoms. The molecule has 1 aliphatic rings. The molecule has 0 saturated heterocycles. The number of halogens is 2. The van der Waals surface area contributed by atoms with E-state index in [9.17, 15) is 9.59 Å². The Bertz CT molecular complexity index is 909. The Balaban J connectivity index is 2.00. The molecule has 0 saturated carbocycles. The van der Waals surface area contributed by atoms with Gasteiger partial charge in [-0.2, -0.15) is 0 Å². The van der Waals surface area contributed by atoms with Crippen molar-refractivity contribution in [2.45, 2.75) is 52.5 Å². The summed E-state index contributed by atoms with van der Waals surface area (Å²) >= 11 is 12.7. The molecule has 2 aromatic rings. The van der Waals surface area contributed by atoms with Crippen LogP contribution in [-0.4, -0.2) is 29.8 Å². The van der Waals surface area contributed by atoms with Gasteiger partial charge in [-0.1, -0.05) is 80.6 Å². The van der Waals surface area contributed by atoms with Crippen molar-refractivity contribution in [3.05, 3.63) is 63.6 Å². The van der Waals surface area contributed by atoms with Crippen LogP contribution in [0.15, 0.2) is 42.5 Å². The molecule has 3 rings (SSSR count). The lowest BCUT2D eigenvalue weighted by Crippen LogP contribution is -2.37. The first-order valence-corrected chi connectivity index (χ1v) is 11.8. The number of para-hydroxylation sites is 1. The number of carbonyl (C=O) groups excluding carboxylic acids is 2. The maximum atomic E-state index is 13.5. The van der Waals surface area contributed by atoms with Crippen molar-refractivity contribution in [2.75, 3.05) is 18.0 Å². The topological polar surface area (TPSA) is 40.6 Å².